The summed E-state index contributed by atoms with van der Waals surface area (Å²) in [6.07, 6.45) is 1.14. The number of rotatable bonds is 1. The Balaban J connectivity index is 3.23. The van der Waals surface area contributed by atoms with Crippen LogP contribution in [-0.2, 0) is 0 Å². The van der Waals surface area contributed by atoms with Crippen LogP contribution in [0.2, 0.25) is 0 Å². The Labute approximate surface area is 62.9 Å². The van der Waals surface area contributed by atoms with Crippen LogP contribution in [0.4, 0.5) is 0 Å². The van der Waals surface area contributed by atoms with E-state index in [1.165, 1.54) is 0 Å². The molecule has 3 N–H and O–H groups in total. The van der Waals surface area contributed by atoms with Crippen molar-refractivity contribution in [2.75, 3.05) is 0 Å². The summed E-state index contributed by atoms with van der Waals surface area (Å²) >= 11 is 0. The van der Waals surface area contributed by atoms with Crippen LogP contribution in [0, 0.1) is 6.92 Å². The number of nitrogens with two attached hydrogens (primary N) is 1. The molecule has 0 aromatic carbocycles. The fourth-order valence-corrected chi connectivity index (χ4v) is 0.645. The van der Waals surface area contributed by atoms with Gasteiger partial charge in [0.1, 0.15) is 5.82 Å². The Morgan fingerprint density at radius 2 is 2.36 bits per heavy atom. The number of nitrogens with zero attached hydrogens (tertiary/aromatic N) is 2. The number of hydrogen-bond donors (Lipinski definition) is 2. The van der Waals surface area contributed by atoms with Crippen LogP contribution in [0.5, 0.6) is 5.75 Å². The lowest BCUT2D eigenvalue weighted by molar-refractivity contribution is 0.0992. The van der Waals surface area contributed by atoms with E-state index in [4.69, 9.17) is 10.8 Å². The monoisotopic (exact) mass is 153 g/mol. The molecule has 11 heavy (non-hydrogen) atoms. The van der Waals surface area contributed by atoms with Gasteiger partial charge in [0.15, 0.2) is 11.4 Å². The Morgan fingerprint density at radius 1 is 1.73 bits per heavy atom. The maximum absolute atomic E-state index is 10.5. The number of carbonyl (C=O) groups excluding carboxylic acids is 1. The van der Waals surface area contributed by atoms with Gasteiger partial charge in [-0.3, -0.25) is 4.79 Å². The minimum absolute atomic E-state index is 0.141. The molecule has 1 aromatic rings. The quantitative estimate of drug-likeness (QED) is 0.573. The van der Waals surface area contributed by atoms with Gasteiger partial charge in [0.05, 0.1) is 6.20 Å². The van der Waals surface area contributed by atoms with Gasteiger partial charge in [-0.05, 0) is 6.92 Å². The first-order valence-electron chi connectivity index (χ1n) is 2.93. The highest BCUT2D eigenvalue weighted by molar-refractivity contribution is 5.93. The van der Waals surface area contributed by atoms with Crippen LogP contribution in [0.3, 0.4) is 0 Å². The van der Waals surface area contributed by atoms with Crippen molar-refractivity contribution >= 4 is 5.91 Å². The molecule has 0 radical (unpaired) electrons. The summed E-state index contributed by atoms with van der Waals surface area (Å²) in [5.41, 5.74) is 4.75. The van der Waals surface area contributed by atoms with E-state index in [1.807, 2.05) is 0 Å². The van der Waals surface area contributed by atoms with E-state index >= 15 is 0 Å². The largest absolute Gasteiger partial charge is 0.504 e. The van der Waals surface area contributed by atoms with E-state index in [9.17, 15) is 4.79 Å². The summed E-state index contributed by atoms with van der Waals surface area (Å²) < 4.78 is 0. The fourth-order valence-electron chi connectivity index (χ4n) is 0.645. The van der Waals surface area contributed by atoms with Gasteiger partial charge < -0.3 is 10.8 Å². The van der Waals surface area contributed by atoms with Crippen molar-refractivity contribution in [1.29, 1.82) is 0 Å². The lowest BCUT2D eigenvalue weighted by atomic mass is 10.3. The molecule has 1 aromatic heterocycles. The standard InChI is InChI=1S/C6H7N3O2/c1-3-8-2-4(10)5(9-3)6(7)11/h2,10H,1H3,(H2,7,11). The van der Waals surface area contributed by atoms with Crippen molar-refractivity contribution in [2.24, 2.45) is 5.73 Å². The van der Waals surface area contributed by atoms with Crippen LogP contribution in [-0.4, -0.2) is 21.0 Å². The number of aromatic hydroxyl groups is 1. The second-order valence-corrected chi connectivity index (χ2v) is 2.02. The Hall–Kier alpha value is -1.65. The SMILES string of the molecule is Cc1ncc(O)c(C(N)=O)n1. The van der Waals surface area contributed by atoms with E-state index in [0.29, 0.717) is 5.82 Å². The second kappa shape index (κ2) is 2.53. The fraction of sp³-hybridized carbons (Fsp3) is 0.167. The molecule has 1 rings (SSSR count). The molecular formula is C6H7N3O2. The van der Waals surface area contributed by atoms with Crippen LogP contribution in [0.15, 0.2) is 6.20 Å². The average molecular weight is 153 g/mol. The van der Waals surface area contributed by atoms with Crippen molar-refractivity contribution in [1.82, 2.24) is 9.97 Å². The molecule has 1 heterocycles. The molecule has 0 unspecified atom stereocenters. The van der Waals surface area contributed by atoms with E-state index < -0.39 is 5.91 Å². The first-order chi connectivity index (χ1) is 5.11. The number of hydrogen-bond acceptors (Lipinski definition) is 4. The highest BCUT2D eigenvalue weighted by Gasteiger charge is 2.08. The predicted octanol–water partition coefficient (Wildman–Crippen LogP) is -0.410. The normalized spacial score (nSPS) is 9.55. The average Bonchev–Trinajstić information content (AvgIpc) is 1.94. The number of aryl methyl sites for hydroxylation is 1. The summed E-state index contributed by atoms with van der Waals surface area (Å²) in [6.45, 7) is 1.60. The smallest absolute Gasteiger partial charge is 0.271 e. The topological polar surface area (TPSA) is 89.1 Å². The van der Waals surface area contributed by atoms with Crippen molar-refractivity contribution < 1.29 is 9.90 Å². The molecule has 0 saturated carbocycles. The van der Waals surface area contributed by atoms with Gasteiger partial charge in [-0.15, -0.1) is 0 Å². The Morgan fingerprint density at radius 3 is 2.82 bits per heavy atom. The van der Waals surface area contributed by atoms with Crippen LogP contribution in [0.1, 0.15) is 16.3 Å². The highest BCUT2D eigenvalue weighted by atomic mass is 16.3. The van der Waals surface area contributed by atoms with Gasteiger partial charge in [0.25, 0.3) is 5.91 Å². The van der Waals surface area contributed by atoms with Gasteiger partial charge in [-0.25, -0.2) is 9.97 Å². The van der Waals surface area contributed by atoms with E-state index in [1.54, 1.807) is 6.92 Å². The third-order valence-corrected chi connectivity index (χ3v) is 1.12. The Kier molecular flexibility index (Phi) is 1.72. The molecule has 0 bridgehead atoms. The summed E-state index contributed by atoms with van der Waals surface area (Å²) in [4.78, 5) is 17.8. The molecule has 0 aliphatic heterocycles. The first kappa shape index (κ1) is 7.46. The zero-order valence-corrected chi connectivity index (χ0v) is 5.90. The number of amides is 1. The van der Waals surface area contributed by atoms with Crippen LogP contribution >= 0.6 is 0 Å². The van der Waals surface area contributed by atoms with Crippen LogP contribution in [0.25, 0.3) is 0 Å². The molecule has 1 amide bonds. The van der Waals surface area contributed by atoms with Gasteiger partial charge in [-0.1, -0.05) is 0 Å². The van der Waals surface area contributed by atoms with Crippen molar-refractivity contribution in [3.05, 3.63) is 17.7 Å². The van der Waals surface area contributed by atoms with Crippen molar-refractivity contribution in [2.45, 2.75) is 6.92 Å². The molecule has 0 fully saturated rings. The maximum Gasteiger partial charge on any atom is 0.271 e. The molecule has 5 nitrogen and oxygen atoms in total. The molecule has 58 valence electrons. The molecule has 0 aliphatic rings. The number of primary amides is 1. The van der Waals surface area contributed by atoms with Gasteiger partial charge in [0, 0.05) is 0 Å². The zero-order valence-electron chi connectivity index (χ0n) is 5.90. The predicted molar refractivity (Wildman–Crippen MR) is 37.0 cm³/mol. The van der Waals surface area contributed by atoms with Gasteiger partial charge >= 0.3 is 0 Å². The zero-order chi connectivity index (χ0) is 8.43. The molecule has 0 spiro atoms. The van der Waals surface area contributed by atoms with E-state index in [-0.39, 0.29) is 11.4 Å². The van der Waals surface area contributed by atoms with Crippen molar-refractivity contribution in [3.8, 4) is 5.75 Å². The van der Waals surface area contributed by atoms with Crippen molar-refractivity contribution in [3.63, 3.8) is 0 Å². The minimum Gasteiger partial charge on any atom is -0.504 e. The highest BCUT2D eigenvalue weighted by Crippen LogP contribution is 2.10. The molecule has 0 aliphatic carbocycles. The molecule has 5 heteroatoms. The molecule has 0 saturated heterocycles. The van der Waals surface area contributed by atoms with Gasteiger partial charge in [-0.2, -0.15) is 0 Å². The molecule has 0 atom stereocenters. The summed E-state index contributed by atoms with van der Waals surface area (Å²) in [7, 11) is 0. The summed E-state index contributed by atoms with van der Waals surface area (Å²) in [5, 5.41) is 8.98. The minimum atomic E-state index is -0.756. The number of aromatic nitrogens is 2. The van der Waals surface area contributed by atoms with E-state index in [0.717, 1.165) is 6.20 Å². The lowest BCUT2D eigenvalue weighted by Crippen LogP contribution is -2.14. The first-order valence-corrected chi connectivity index (χ1v) is 2.93. The summed E-state index contributed by atoms with van der Waals surface area (Å²) in [6, 6.07) is 0. The maximum atomic E-state index is 10.5. The van der Waals surface area contributed by atoms with Gasteiger partial charge in [0.2, 0.25) is 0 Å². The third-order valence-electron chi connectivity index (χ3n) is 1.12. The molecular weight excluding hydrogens is 146 g/mol. The number of carbonyl (C=O) groups is 1. The van der Waals surface area contributed by atoms with Crippen LogP contribution < -0.4 is 5.73 Å². The summed E-state index contributed by atoms with van der Waals surface area (Å²) in [5.74, 6) is -0.646. The second-order valence-electron chi connectivity index (χ2n) is 2.02. The Bertz CT molecular complexity index is 298. The third kappa shape index (κ3) is 1.43. The lowest BCUT2D eigenvalue weighted by Gasteiger charge is -1.97. The van der Waals surface area contributed by atoms with E-state index in [2.05, 4.69) is 9.97 Å².